The molecule has 1 aliphatic carbocycles. The van der Waals surface area contributed by atoms with Crippen molar-refractivity contribution in [1.29, 1.82) is 0 Å². The highest BCUT2D eigenvalue weighted by atomic mass is 16.5. The Morgan fingerprint density at radius 1 is 1.34 bits per heavy atom. The first-order chi connectivity index (χ1) is 15.4. The van der Waals surface area contributed by atoms with Crippen LogP contribution in [0.1, 0.15) is 12.8 Å². The van der Waals surface area contributed by atoms with E-state index in [2.05, 4.69) is 19.9 Å². The van der Waals surface area contributed by atoms with Crippen molar-refractivity contribution in [3.63, 3.8) is 0 Å². The number of pyridine rings is 1. The number of aromatic amines is 1. The maximum atomic E-state index is 12.8. The third kappa shape index (κ3) is 5.16. The number of methoxy groups -OCH3 is 1. The summed E-state index contributed by atoms with van der Waals surface area (Å²) in [6.45, 7) is 2.78. The van der Waals surface area contributed by atoms with Crippen LogP contribution in [0.2, 0.25) is 0 Å². The molecule has 170 valence electrons. The maximum absolute atomic E-state index is 12.8. The lowest BCUT2D eigenvalue weighted by Crippen LogP contribution is -2.62. The Kier molecular flexibility index (Phi) is 6.55. The highest BCUT2D eigenvalue weighted by molar-refractivity contribution is 5.88. The highest BCUT2D eigenvalue weighted by Gasteiger charge is 2.37. The average molecular weight is 439 g/mol. The van der Waals surface area contributed by atoms with Crippen LogP contribution >= 0.6 is 0 Å². The Labute approximate surface area is 187 Å². The van der Waals surface area contributed by atoms with Crippen molar-refractivity contribution in [1.82, 2.24) is 24.8 Å². The summed E-state index contributed by atoms with van der Waals surface area (Å²) in [6.07, 6.45) is 9.17. The molecule has 9 nitrogen and oxygen atoms in total. The summed E-state index contributed by atoms with van der Waals surface area (Å²) in [7, 11) is 5.45. The number of H-pyrrole nitrogens is 1. The molecule has 0 radical (unpaired) electrons. The van der Waals surface area contributed by atoms with E-state index >= 15 is 0 Å². The highest BCUT2D eigenvalue weighted by Crippen LogP contribution is 2.33. The van der Waals surface area contributed by atoms with Gasteiger partial charge in [-0.05, 0) is 45.0 Å². The van der Waals surface area contributed by atoms with Gasteiger partial charge in [0.05, 0.1) is 18.8 Å². The van der Waals surface area contributed by atoms with Crippen molar-refractivity contribution < 1.29 is 9.53 Å². The Hall–Kier alpha value is -3.20. The van der Waals surface area contributed by atoms with Crippen molar-refractivity contribution >= 4 is 11.6 Å². The second-order valence-electron chi connectivity index (χ2n) is 8.69. The Morgan fingerprint density at radius 3 is 2.81 bits per heavy atom. The summed E-state index contributed by atoms with van der Waals surface area (Å²) in [4.78, 5) is 42.5. The van der Waals surface area contributed by atoms with E-state index in [-0.39, 0.29) is 23.5 Å². The second-order valence-corrected chi connectivity index (χ2v) is 8.69. The lowest BCUT2D eigenvalue weighted by atomic mass is 10.0. The van der Waals surface area contributed by atoms with Gasteiger partial charge in [-0.1, -0.05) is 6.08 Å². The molecule has 1 amide bonds. The number of nitrogens with zero attached hydrogens (tertiary/aromatic N) is 5. The van der Waals surface area contributed by atoms with Gasteiger partial charge >= 0.3 is 6.01 Å². The standard InChI is InChI=1S/C23H30N6O3/c1-27(2)10-4-5-21(30)28-14-18(15-28)29(13-16-6-7-16)20-11-17(12-25-22(20)31)19-8-9-24-23(26-19)32-3/h4-5,8-9,11-12,16,18H,6-7,10,13-15H2,1-3H3,(H,25,31)/b5-4+. The third-order valence-electron chi connectivity index (χ3n) is 5.80. The number of rotatable bonds is 9. The number of hydrogen-bond acceptors (Lipinski definition) is 7. The van der Waals surface area contributed by atoms with Gasteiger partial charge in [0.15, 0.2) is 0 Å². The van der Waals surface area contributed by atoms with Crippen LogP contribution in [0.25, 0.3) is 11.3 Å². The van der Waals surface area contributed by atoms with Gasteiger partial charge in [-0.15, -0.1) is 0 Å². The molecule has 0 spiro atoms. The predicted molar refractivity (Wildman–Crippen MR) is 123 cm³/mol. The van der Waals surface area contributed by atoms with Crippen LogP contribution in [0.4, 0.5) is 5.69 Å². The first-order valence-corrected chi connectivity index (χ1v) is 10.9. The average Bonchev–Trinajstić information content (AvgIpc) is 3.56. The molecule has 1 saturated heterocycles. The largest absolute Gasteiger partial charge is 0.467 e. The number of amides is 1. The van der Waals surface area contributed by atoms with Crippen molar-refractivity contribution in [2.45, 2.75) is 18.9 Å². The van der Waals surface area contributed by atoms with Crippen LogP contribution in [0.3, 0.4) is 0 Å². The normalized spacial score (nSPS) is 16.4. The molecule has 1 saturated carbocycles. The maximum Gasteiger partial charge on any atom is 0.316 e. The van der Waals surface area contributed by atoms with E-state index in [0.717, 1.165) is 18.7 Å². The Bertz CT molecular complexity index is 1040. The topological polar surface area (TPSA) is 94.7 Å². The minimum Gasteiger partial charge on any atom is -0.467 e. The summed E-state index contributed by atoms with van der Waals surface area (Å²) < 4.78 is 5.13. The van der Waals surface area contributed by atoms with Crippen LogP contribution in [-0.4, -0.2) is 84.1 Å². The van der Waals surface area contributed by atoms with Crippen molar-refractivity contribution in [3.05, 3.63) is 47.0 Å². The molecule has 0 unspecified atom stereocenters. The third-order valence-corrected chi connectivity index (χ3v) is 5.80. The number of ether oxygens (including phenoxy) is 1. The van der Waals surface area contributed by atoms with Crippen LogP contribution < -0.4 is 15.2 Å². The monoisotopic (exact) mass is 438 g/mol. The second kappa shape index (κ2) is 9.52. The fourth-order valence-corrected chi connectivity index (χ4v) is 3.76. The van der Waals surface area contributed by atoms with Crippen LogP contribution in [0.15, 0.2) is 41.5 Å². The molecular weight excluding hydrogens is 408 g/mol. The zero-order valence-electron chi connectivity index (χ0n) is 18.8. The molecule has 1 aliphatic heterocycles. The molecule has 0 atom stereocenters. The quantitative estimate of drug-likeness (QED) is 0.591. The SMILES string of the molecule is COc1nccc(-c2c[nH]c(=O)c(N(CC3CC3)C3CN(C(=O)/C=C/CN(C)C)C3)c2)n1. The number of likely N-dealkylation sites (N-methyl/N-ethyl adjacent to an activating group) is 1. The van der Waals surface area contributed by atoms with Gasteiger partial charge in [-0.25, -0.2) is 4.98 Å². The van der Waals surface area contributed by atoms with E-state index < -0.39 is 0 Å². The molecule has 0 aromatic carbocycles. The molecule has 4 rings (SSSR count). The molecule has 1 N–H and O–H groups in total. The number of anilines is 1. The lowest BCUT2D eigenvalue weighted by Gasteiger charge is -2.46. The minimum absolute atomic E-state index is 0.0187. The molecule has 9 heteroatoms. The summed E-state index contributed by atoms with van der Waals surface area (Å²) in [5.41, 5.74) is 1.95. The van der Waals surface area contributed by atoms with Crippen LogP contribution in [-0.2, 0) is 4.79 Å². The van der Waals surface area contributed by atoms with Gasteiger partial charge in [0, 0.05) is 50.2 Å². The number of likely N-dealkylation sites (tertiary alicyclic amines) is 1. The Morgan fingerprint density at radius 2 is 2.12 bits per heavy atom. The van der Waals surface area contributed by atoms with E-state index in [9.17, 15) is 9.59 Å². The molecule has 3 heterocycles. The van der Waals surface area contributed by atoms with Crippen molar-refractivity contribution in [2.24, 2.45) is 5.92 Å². The van der Waals surface area contributed by atoms with Gasteiger partial charge in [0.25, 0.3) is 5.56 Å². The van der Waals surface area contributed by atoms with E-state index in [4.69, 9.17) is 4.74 Å². The lowest BCUT2D eigenvalue weighted by molar-refractivity contribution is -0.130. The molecular formula is C23H30N6O3. The number of carbonyl (C=O) groups is 1. The molecule has 2 aliphatic rings. The fourth-order valence-electron chi connectivity index (χ4n) is 3.76. The molecule has 2 aromatic heterocycles. The summed E-state index contributed by atoms with van der Waals surface area (Å²) in [5, 5.41) is 0. The molecule has 2 aromatic rings. The van der Waals surface area contributed by atoms with E-state index in [0.29, 0.717) is 30.4 Å². The van der Waals surface area contributed by atoms with Gasteiger partial charge in [0.2, 0.25) is 5.91 Å². The zero-order chi connectivity index (χ0) is 22.7. The first kappa shape index (κ1) is 22.0. The van der Waals surface area contributed by atoms with E-state index in [1.807, 2.05) is 36.0 Å². The van der Waals surface area contributed by atoms with E-state index in [1.165, 1.54) is 20.0 Å². The molecule has 32 heavy (non-hydrogen) atoms. The van der Waals surface area contributed by atoms with Crippen molar-refractivity contribution in [2.75, 3.05) is 52.3 Å². The Balaban J connectivity index is 1.52. The zero-order valence-corrected chi connectivity index (χ0v) is 18.8. The van der Waals surface area contributed by atoms with Crippen LogP contribution in [0, 0.1) is 5.92 Å². The summed E-state index contributed by atoms with van der Waals surface area (Å²) in [5.74, 6) is 0.618. The van der Waals surface area contributed by atoms with Gasteiger partial charge in [-0.3, -0.25) is 9.59 Å². The first-order valence-electron chi connectivity index (χ1n) is 10.9. The fraction of sp³-hybridized carbons (Fsp3) is 0.478. The number of hydrogen-bond donors (Lipinski definition) is 1. The number of aromatic nitrogens is 3. The van der Waals surface area contributed by atoms with Gasteiger partial charge < -0.3 is 24.4 Å². The number of nitrogens with one attached hydrogen (secondary N) is 1. The van der Waals surface area contributed by atoms with Gasteiger partial charge in [-0.2, -0.15) is 4.98 Å². The summed E-state index contributed by atoms with van der Waals surface area (Å²) >= 11 is 0. The molecule has 0 bridgehead atoms. The van der Waals surface area contributed by atoms with Crippen LogP contribution in [0.5, 0.6) is 6.01 Å². The number of carbonyl (C=O) groups excluding carboxylic acids is 1. The summed E-state index contributed by atoms with van der Waals surface area (Å²) in [6, 6.07) is 4.07. The minimum atomic E-state index is -0.133. The van der Waals surface area contributed by atoms with Crippen molar-refractivity contribution in [3.8, 4) is 17.3 Å². The predicted octanol–water partition coefficient (Wildman–Crippen LogP) is 1.39. The molecule has 2 fully saturated rings. The van der Waals surface area contributed by atoms with Gasteiger partial charge in [0.1, 0.15) is 5.69 Å². The van der Waals surface area contributed by atoms with E-state index in [1.54, 1.807) is 24.5 Å². The smallest absolute Gasteiger partial charge is 0.316 e.